The number of furan rings is 1. The molecular formula is C18H21N3O3. The van der Waals surface area contributed by atoms with Crippen LogP contribution < -0.4 is 11.1 Å². The molecule has 126 valence electrons. The Labute approximate surface area is 140 Å². The van der Waals surface area contributed by atoms with Crippen LogP contribution in [0.4, 0.5) is 5.69 Å². The maximum absolute atomic E-state index is 12.6. The van der Waals surface area contributed by atoms with Crippen LogP contribution in [-0.2, 0) is 0 Å². The molecule has 24 heavy (non-hydrogen) atoms. The minimum Gasteiger partial charge on any atom is -0.459 e. The van der Waals surface area contributed by atoms with Crippen LogP contribution in [0, 0.1) is 12.8 Å². The molecule has 3 N–H and O–H groups in total. The maximum atomic E-state index is 12.6. The highest BCUT2D eigenvalue weighted by molar-refractivity contribution is 6.04. The number of nitrogens with zero attached hydrogens (tertiary/aromatic N) is 1. The van der Waals surface area contributed by atoms with Gasteiger partial charge in [0.15, 0.2) is 5.76 Å². The van der Waals surface area contributed by atoms with Crippen molar-refractivity contribution in [1.29, 1.82) is 0 Å². The molecule has 1 aliphatic rings. The van der Waals surface area contributed by atoms with Crippen molar-refractivity contribution in [2.24, 2.45) is 11.7 Å². The molecule has 0 aliphatic carbocycles. The second kappa shape index (κ2) is 6.88. The number of hydrogen-bond acceptors (Lipinski definition) is 4. The maximum Gasteiger partial charge on any atom is 0.291 e. The summed E-state index contributed by atoms with van der Waals surface area (Å²) in [7, 11) is 0. The van der Waals surface area contributed by atoms with E-state index in [1.807, 2.05) is 17.9 Å². The number of carbonyl (C=O) groups excluding carboxylic acids is 2. The molecular weight excluding hydrogens is 306 g/mol. The molecule has 2 amide bonds. The van der Waals surface area contributed by atoms with Gasteiger partial charge in [-0.1, -0.05) is 6.07 Å². The highest BCUT2D eigenvalue weighted by Gasteiger charge is 2.26. The van der Waals surface area contributed by atoms with E-state index in [1.165, 1.54) is 6.26 Å². The van der Waals surface area contributed by atoms with E-state index in [2.05, 4.69) is 5.32 Å². The summed E-state index contributed by atoms with van der Waals surface area (Å²) in [5.74, 6) is 0.241. The number of nitrogens with two attached hydrogens (primary N) is 1. The van der Waals surface area contributed by atoms with Gasteiger partial charge in [-0.05, 0) is 55.6 Å². The molecule has 1 aromatic carbocycles. The molecule has 1 fully saturated rings. The number of amides is 2. The predicted molar refractivity (Wildman–Crippen MR) is 90.9 cm³/mol. The number of aryl methyl sites for hydroxylation is 1. The van der Waals surface area contributed by atoms with Crippen LogP contribution in [0.1, 0.15) is 32.9 Å². The van der Waals surface area contributed by atoms with Gasteiger partial charge in [0.1, 0.15) is 0 Å². The van der Waals surface area contributed by atoms with Crippen molar-refractivity contribution < 1.29 is 14.0 Å². The van der Waals surface area contributed by atoms with E-state index in [4.69, 9.17) is 10.2 Å². The number of nitrogens with one attached hydrogen (secondary N) is 1. The van der Waals surface area contributed by atoms with Crippen LogP contribution in [0.2, 0.25) is 0 Å². The lowest BCUT2D eigenvalue weighted by Gasteiger charge is -2.17. The van der Waals surface area contributed by atoms with Crippen molar-refractivity contribution in [1.82, 2.24) is 4.90 Å². The van der Waals surface area contributed by atoms with Crippen LogP contribution in [-0.4, -0.2) is 36.3 Å². The topological polar surface area (TPSA) is 88.6 Å². The average Bonchev–Trinajstić information content (AvgIpc) is 3.27. The van der Waals surface area contributed by atoms with Gasteiger partial charge in [-0.25, -0.2) is 0 Å². The normalized spacial score (nSPS) is 17.1. The second-order valence-corrected chi connectivity index (χ2v) is 6.10. The van der Waals surface area contributed by atoms with Gasteiger partial charge in [0.25, 0.3) is 11.8 Å². The monoisotopic (exact) mass is 327 g/mol. The third-order valence-electron chi connectivity index (χ3n) is 4.38. The van der Waals surface area contributed by atoms with Gasteiger partial charge < -0.3 is 20.4 Å². The zero-order valence-electron chi connectivity index (χ0n) is 13.6. The summed E-state index contributed by atoms with van der Waals surface area (Å²) in [6.07, 6.45) is 2.39. The highest BCUT2D eigenvalue weighted by Crippen LogP contribution is 2.22. The predicted octanol–water partition coefficient (Wildman–Crippen LogP) is 2.26. The number of anilines is 1. The summed E-state index contributed by atoms with van der Waals surface area (Å²) < 4.78 is 5.09. The summed E-state index contributed by atoms with van der Waals surface area (Å²) in [5.41, 5.74) is 7.74. The van der Waals surface area contributed by atoms with Crippen LogP contribution in [0.5, 0.6) is 0 Å². The Bertz CT molecular complexity index is 740. The number of rotatable bonds is 4. The Kier molecular flexibility index (Phi) is 4.66. The molecule has 1 unspecified atom stereocenters. The summed E-state index contributed by atoms with van der Waals surface area (Å²) >= 11 is 0. The molecule has 2 heterocycles. The Morgan fingerprint density at radius 1 is 1.38 bits per heavy atom. The van der Waals surface area contributed by atoms with E-state index >= 15 is 0 Å². The van der Waals surface area contributed by atoms with Crippen LogP contribution >= 0.6 is 0 Å². The van der Waals surface area contributed by atoms with Gasteiger partial charge >= 0.3 is 0 Å². The molecule has 0 spiro atoms. The van der Waals surface area contributed by atoms with Crippen LogP contribution in [0.25, 0.3) is 0 Å². The zero-order chi connectivity index (χ0) is 17.1. The minimum atomic E-state index is -0.336. The Balaban J connectivity index is 1.76. The molecule has 1 aromatic heterocycles. The third kappa shape index (κ3) is 3.33. The van der Waals surface area contributed by atoms with Crippen molar-refractivity contribution in [2.45, 2.75) is 13.3 Å². The Hall–Kier alpha value is -2.60. The fraction of sp³-hybridized carbons (Fsp3) is 0.333. The molecule has 0 bridgehead atoms. The quantitative estimate of drug-likeness (QED) is 0.901. The van der Waals surface area contributed by atoms with Gasteiger partial charge in [0.2, 0.25) is 0 Å². The standard InChI is InChI=1S/C18H21N3O3/c1-12-4-5-14(18(23)21-7-6-13(10-19)11-21)9-15(12)20-17(22)16-3-2-8-24-16/h2-5,8-9,13H,6-7,10-11,19H2,1H3,(H,20,22). The molecule has 6 nitrogen and oxygen atoms in total. The van der Waals surface area contributed by atoms with Crippen molar-refractivity contribution in [2.75, 3.05) is 25.0 Å². The van der Waals surface area contributed by atoms with E-state index in [-0.39, 0.29) is 17.6 Å². The molecule has 2 aromatic rings. The SMILES string of the molecule is Cc1ccc(C(=O)N2CCC(CN)C2)cc1NC(=O)c1ccco1. The summed E-state index contributed by atoms with van der Waals surface area (Å²) in [5, 5.41) is 2.79. The fourth-order valence-electron chi connectivity index (χ4n) is 2.87. The highest BCUT2D eigenvalue weighted by atomic mass is 16.3. The molecule has 1 atom stereocenters. The molecule has 3 rings (SSSR count). The summed E-state index contributed by atoms with van der Waals surface area (Å²) in [6, 6.07) is 8.59. The van der Waals surface area contributed by atoms with Crippen molar-refractivity contribution >= 4 is 17.5 Å². The first-order valence-electron chi connectivity index (χ1n) is 8.03. The molecule has 0 saturated carbocycles. The largest absolute Gasteiger partial charge is 0.459 e. The Morgan fingerprint density at radius 3 is 2.88 bits per heavy atom. The Morgan fingerprint density at radius 2 is 2.21 bits per heavy atom. The first-order chi connectivity index (χ1) is 11.6. The number of benzene rings is 1. The summed E-state index contributed by atoms with van der Waals surface area (Å²) in [6.45, 7) is 3.90. The van der Waals surface area contributed by atoms with Gasteiger partial charge in [0.05, 0.1) is 6.26 Å². The lowest BCUT2D eigenvalue weighted by molar-refractivity contribution is 0.0787. The van der Waals surface area contributed by atoms with E-state index in [1.54, 1.807) is 24.3 Å². The first-order valence-corrected chi connectivity index (χ1v) is 8.03. The van der Waals surface area contributed by atoms with E-state index < -0.39 is 0 Å². The molecule has 6 heteroatoms. The van der Waals surface area contributed by atoms with Crippen molar-refractivity contribution in [3.63, 3.8) is 0 Å². The smallest absolute Gasteiger partial charge is 0.291 e. The number of carbonyl (C=O) groups is 2. The van der Waals surface area contributed by atoms with Crippen LogP contribution in [0.3, 0.4) is 0 Å². The number of hydrogen-bond donors (Lipinski definition) is 2. The van der Waals surface area contributed by atoms with E-state index in [0.29, 0.717) is 30.3 Å². The first kappa shape index (κ1) is 16.3. The van der Waals surface area contributed by atoms with Gasteiger partial charge in [-0.2, -0.15) is 0 Å². The van der Waals surface area contributed by atoms with Crippen LogP contribution in [0.15, 0.2) is 41.0 Å². The van der Waals surface area contributed by atoms with Gasteiger partial charge in [0, 0.05) is 24.3 Å². The second-order valence-electron chi connectivity index (χ2n) is 6.10. The van der Waals surface area contributed by atoms with E-state index in [9.17, 15) is 9.59 Å². The molecule has 1 saturated heterocycles. The minimum absolute atomic E-state index is 0.0283. The lowest BCUT2D eigenvalue weighted by Crippen LogP contribution is -2.30. The van der Waals surface area contributed by atoms with E-state index in [0.717, 1.165) is 18.5 Å². The molecule has 1 aliphatic heterocycles. The van der Waals surface area contributed by atoms with Gasteiger partial charge in [-0.3, -0.25) is 9.59 Å². The molecule has 0 radical (unpaired) electrons. The third-order valence-corrected chi connectivity index (χ3v) is 4.38. The summed E-state index contributed by atoms with van der Waals surface area (Å²) in [4.78, 5) is 26.6. The van der Waals surface area contributed by atoms with Crippen molar-refractivity contribution in [3.8, 4) is 0 Å². The van der Waals surface area contributed by atoms with Gasteiger partial charge in [-0.15, -0.1) is 0 Å². The zero-order valence-corrected chi connectivity index (χ0v) is 13.6. The lowest BCUT2D eigenvalue weighted by atomic mass is 10.1. The fourth-order valence-corrected chi connectivity index (χ4v) is 2.87. The average molecular weight is 327 g/mol. The van der Waals surface area contributed by atoms with Crippen molar-refractivity contribution in [3.05, 3.63) is 53.5 Å². The number of likely N-dealkylation sites (tertiary alicyclic amines) is 1.